The molecular formula is C9H10F6N2. The molecule has 1 aromatic heterocycles. The van der Waals surface area contributed by atoms with Gasteiger partial charge in [-0.1, -0.05) is 0 Å². The van der Waals surface area contributed by atoms with E-state index in [-0.39, 0.29) is 4.68 Å². The maximum atomic E-state index is 13.1. The number of aromatic nitrogens is 2. The van der Waals surface area contributed by atoms with Crippen LogP contribution in [-0.2, 0) is 11.7 Å². The minimum absolute atomic E-state index is 0.240. The van der Waals surface area contributed by atoms with E-state index in [2.05, 4.69) is 5.10 Å². The molecule has 0 saturated heterocycles. The Morgan fingerprint density at radius 2 is 1.59 bits per heavy atom. The van der Waals surface area contributed by atoms with Gasteiger partial charge in [0.1, 0.15) is 5.56 Å². The van der Waals surface area contributed by atoms with Crippen molar-refractivity contribution in [1.82, 2.24) is 9.78 Å². The van der Waals surface area contributed by atoms with Crippen LogP contribution in [0.1, 0.15) is 38.5 Å². The second kappa shape index (κ2) is 3.92. The highest BCUT2D eigenvalue weighted by Gasteiger charge is 2.45. The van der Waals surface area contributed by atoms with Crippen LogP contribution in [0.15, 0.2) is 0 Å². The Labute approximate surface area is 93.2 Å². The fraction of sp³-hybridized carbons (Fsp3) is 0.667. The fourth-order valence-electron chi connectivity index (χ4n) is 1.36. The number of nitrogens with zero attached hydrogens (tertiary/aromatic N) is 2. The van der Waals surface area contributed by atoms with Gasteiger partial charge in [0.15, 0.2) is 5.69 Å². The predicted octanol–water partition coefficient (Wildman–Crippen LogP) is 3.73. The lowest BCUT2D eigenvalue weighted by Crippen LogP contribution is -2.29. The van der Waals surface area contributed by atoms with E-state index in [0.29, 0.717) is 0 Å². The van der Waals surface area contributed by atoms with Crippen LogP contribution in [0.4, 0.5) is 26.3 Å². The Balaban J connectivity index is 3.60. The van der Waals surface area contributed by atoms with E-state index in [0.717, 1.165) is 0 Å². The van der Waals surface area contributed by atoms with Crippen LogP contribution < -0.4 is 0 Å². The molecule has 2 nitrogen and oxygen atoms in total. The minimum atomic E-state index is -5.09. The first-order valence-electron chi connectivity index (χ1n) is 4.60. The van der Waals surface area contributed by atoms with Crippen LogP contribution in [0.3, 0.4) is 0 Å². The lowest BCUT2D eigenvalue weighted by molar-refractivity contribution is -0.148. The van der Waals surface area contributed by atoms with E-state index in [4.69, 9.17) is 0 Å². The van der Waals surface area contributed by atoms with Crippen LogP contribution >= 0.6 is 0 Å². The van der Waals surface area contributed by atoms with Gasteiger partial charge in [0.2, 0.25) is 5.95 Å². The van der Waals surface area contributed by atoms with E-state index < -0.39 is 35.3 Å². The highest BCUT2D eigenvalue weighted by molar-refractivity contribution is 5.24. The van der Waals surface area contributed by atoms with E-state index in [1.165, 1.54) is 20.8 Å². The molecule has 0 amide bonds. The summed E-state index contributed by atoms with van der Waals surface area (Å²) in [6.45, 7) is 3.93. The molecule has 0 atom stereocenters. The highest BCUT2D eigenvalue weighted by atomic mass is 19.4. The summed E-state index contributed by atoms with van der Waals surface area (Å²) in [5, 5.41) is 2.92. The summed E-state index contributed by atoms with van der Waals surface area (Å²) < 4.78 is 76.1. The molecule has 98 valence electrons. The average molecular weight is 260 g/mol. The van der Waals surface area contributed by atoms with Crippen molar-refractivity contribution >= 4 is 0 Å². The van der Waals surface area contributed by atoms with E-state index in [1.54, 1.807) is 0 Å². The van der Waals surface area contributed by atoms with Gasteiger partial charge < -0.3 is 0 Å². The molecule has 17 heavy (non-hydrogen) atoms. The number of halogens is 6. The van der Waals surface area contributed by atoms with Gasteiger partial charge in [-0.15, -0.1) is 5.10 Å². The summed E-state index contributed by atoms with van der Waals surface area (Å²) in [7, 11) is 0. The molecule has 1 heterocycles. The molecule has 0 spiro atoms. The Hall–Kier alpha value is -1.21. The Morgan fingerprint density at radius 1 is 1.12 bits per heavy atom. The summed E-state index contributed by atoms with van der Waals surface area (Å²) in [5.41, 5.74) is -4.69. The van der Waals surface area contributed by atoms with E-state index in [1.807, 2.05) is 0 Å². The first-order chi connectivity index (χ1) is 7.46. The SMILES string of the molecule is CC(C)(C)n1nc(F)c(C(F)F)c1C(F)(F)F. The summed E-state index contributed by atoms with van der Waals surface area (Å²) in [6.07, 6.45) is -8.65. The van der Waals surface area contributed by atoms with Crippen molar-refractivity contribution in [2.24, 2.45) is 0 Å². The third kappa shape index (κ3) is 2.55. The lowest BCUT2D eigenvalue weighted by Gasteiger charge is -2.23. The van der Waals surface area contributed by atoms with Crippen LogP contribution in [-0.4, -0.2) is 9.78 Å². The monoisotopic (exact) mass is 260 g/mol. The molecule has 0 fully saturated rings. The van der Waals surface area contributed by atoms with Crippen LogP contribution in [0.2, 0.25) is 0 Å². The van der Waals surface area contributed by atoms with Crippen molar-refractivity contribution in [3.63, 3.8) is 0 Å². The third-order valence-electron chi connectivity index (χ3n) is 2.00. The highest BCUT2D eigenvalue weighted by Crippen LogP contribution is 2.39. The third-order valence-corrected chi connectivity index (χ3v) is 2.00. The van der Waals surface area contributed by atoms with Crippen LogP contribution in [0, 0.1) is 5.95 Å². The summed E-state index contributed by atoms with van der Waals surface area (Å²) >= 11 is 0. The number of hydrogen-bond acceptors (Lipinski definition) is 1. The molecule has 0 aliphatic carbocycles. The van der Waals surface area contributed by atoms with E-state index in [9.17, 15) is 26.3 Å². The molecule has 0 bridgehead atoms. The molecular weight excluding hydrogens is 250 g/mol. The maximum absolute atomic E-state index is 13.1. The summed E-state index contributed by atoms with van der Waals surface area (Å²) in [5.74, 6) is -1.79. The Bertz CT molecular complexity index is 412. The largest absolute Gasteiger partial charge is 0.433 e. The van der Waals surface area contributed by atoms with Gasteiger partial charge in [-0.05, 0) is 20.8 Å². The van der Waals surface area contributed by atoms with Gasteiger partial charge in [-0.2, -0.15) is 17.6 Å². The van der Waals surface area contributed by atoms with Crippen LogP contribution in [0.25, 0.3) is 0 Å². The Kier molecular flexibility index (Phi) is 3.19. The molecule has 0 saturated carbocycles. The molecule has 0 aliphatic rings. The lowest BCUT2D eigenvalue weighted by atomic mass is 10.1. The molecule has 8 heteroatoms. The topological polar surface area (TPSA) is 17.8 Å². The van der Waals surface area contributed by atoms with Gasteiger partial charge in [0.05, 0.1) is 5.54 Å². The van der Waals surface area contributed by atoms with Crippen molar-refractivity contribution in [2.45, 2.75) is 38.9 Å². The van der Waals surface area contributed by atoms with Crippen LogP contribution in [0.5, 0.6) is 0 Å². The van der Waals surface area contributed by atoms with Gasteiger partial charge in [0.25, 0.3) is 6.43 Å². The zero-order valence-electron chi connectivity index (χ0n) is 9.24. The first kappa shape index (κ1) is 13.9. The molecule has 0 aliphatic heterocycles. The molecule has 1 aromatic rings. The normalized spacial score (nSPS) is 13.5. The summed E-state index contributed by atoms with van der Waals surface area (Å²) in [4.78, 5) is 0. The van der Waals surface area contributed by atoms with Crippen molar-refractivity contribution in [3.05, 3.63) is 17.2 Å². The molecule has 1 rings (SSSR count). The molecule has 0 radical (unpaired) electrons. The smallest absolute Gasteiger partial charge is 0.252 e. The van der Waals surface area contributed by atoms with Crippen molar-refractivity contribution in [3.8, 4) is 0 Å². The van der Waals surface area contributed by atoms with Crippen molar-refractivity contribution in [1.29, 1.82) is 0 Å². The average Bonchev–Trinajstić information content (AvgIpc) is 2.40. The maximum Gasteiger partial charge on any atom is 0.433 e. The quantitative estimate of drug-likeness (QED) is 0.703. The number of alkyl halides is 5. The zero-order chi connectivity index (χ0) is 13.6. The standard InChI is InChI=1S/C9H10F6N2/c1-8(2,3)17-5(9(13,14)15)4(6(10)11)7(12)16-17/h6H,1-3H3. The molecule has 0 aromatic carbocycles. The Morgan fingerprint density at radius 3 is 1.88 bits per heavy atom. The molecule has 0 N–H and O–H groups in total. The first-order valence-corrected chi connectivity index (χ1v) is 4.60. The molecule has 0 unspecified atom stereocenters. The predicted molar refractivity (Wildman–Crippen MR) is 47.1 cm³/mol. The second-order valence-electron chi connectivity index (χ2n) is 4.43. The van der Waals surface area contributed by atoms with Gasteiger partial charge in [-0.3, -0.25) is 4.68 Å². The summed E-state index contributed by atoms with van der Waals surface area (Å²) in [6, 6.07) is 0. The second-order valence-corrected chi connectivity index (χ2v) is 4.43. The van der Waals surface area contributed by atoms with E-state index >= 15 is 0 Å². The number of hydrogen-bond donors (Lipinski definition) is 0. The van der Waals surface area contributed by atoms with Gasteiger partial charge in [0, 0.05) is 0 Å². The van der Waals surface area contributed by atoms with Gasteiger partial charge in [-0.25, -0.2) is 8.78 Å². The van der Waals surface area contributed by atoms with Gasteiger partial charge >= 0.3 is 6.18 Å². The number of rotatable bonds is 1. The van der Waals surface area contributed by atoms with Crippen molar-refractivity contribution in [2.75, 3.05) is 0 Å². The minimum Gasteiger partial charge on any atom is -0.252 e. The zero-order valence-corrected chi connectivity index (χ0v) is 9.24. The fourth-order valence-corrected chi connectivity index (χ4v) is 1.36. The van der Waals surface area contributed by atoms with Crippen molar-refractivity contribution < 1.29 is 26.3 Å².